The summed E-state index contributed by atoms with van der Waals surface area (Å²) in [6.07, 6.45) is 3.81. The van der Waals surface area contributed by atoms with Gasteiger partial charge in [0, 0.05) is 11.3 Å². The van der Waals surface area contributed by atoms with Gasteiger partial charge in [0.2, 0.25) is 5.91 Å². The number of nitrogens with one attached hydrogen (secondary N) is 1. The normalized spacial score (nSPS) is 12.9. The average molecular weight is 401 g/mol. The van der Waals surface area contributed by atoms with Gasteiger partial charge in [0.1, 0.15) is 10.8 Å². The summed E-state index contributed by atoms with van der Waals surface area (Å²) < 4.78 is 5.78. The number of carbonyl (C=O) groups is 2. The van der Waals surface area contributed by atoms with Crippen LogP contribution in [-0.2, 0) is 17.6 Å². The van der Waals surface area contributed by atoms with Gasteiger partial charge in [0.05, 0.1) is 12.2 Å². The maximum absolute atomic E-state index is 12.3. The van der Waals surface area contributed by atoms with Crippen molar-refractivity contribution in [3.63, 3.8) is 0 Å². The summed E-state index contributed by atoms with van der Waals surface area (Å²) in [5.74, 6) is 0.741. The van der Waals surface area contributed by atoms with Gasteiger partial charge < -0.3 is 15.8 Å². The Morgan fingerprint density at radius 2 is 2.07 bits per heavy atom. The Morgan fingerprint density at radius 3 is 2.75 bits per heavy atom. The Hall–Kier alpha value is -2.34. The van der Waals surface area contributed by atoms with Crippen molar-refractivity contribution >= 4 is 28.2 Å². The van der Waals surface area contributed by atoms with Gasteiger partial charge in [0.15, 0.2) is 0 Å². The van der Waals surface area contributed by atoms with E-state index in [-0.39, 0.29) is 5.91 Å². The van der Waals surface area contributed by atoms with E-state index in [0.717, 1.165) is 30.6 Å². The highest BCUT2D eigenvalue weighted by atomic mass is 32.1. The highest BCUT2D eigenvalue weighted by molar-refractivity contribution is 7.17. The van der Waals surface area contributed by atoms with Gasteiger partial charge in [-0.05, 0) is 67.3 Å². The summed E-state index contributed by atoms with van der Waals surface area (Å²) >= 11 is 1.48. The molecule has 6 heteroatoms. The lowest BCUT2D eigenvalue weighted by Crippen LogP contribution is -2.18. The number of hydrogen-bond donors (Lipinski definition) is 2. The Bertz CT molecular complexity index is 886. The molecule has 0 saturated carbocycles. The van der Waals surface area contributed by atoms with Gasteiger partial charge in [0.25, 0.3) is 5.91 Å². The van der Waals surface area contributed by atoms with Crippen molar-refractivity contribution in [1.29, 1.82) is 0 Å². The Labute approximate surface area is 170 Å². The van der Waals surface area contributed by atoms with Crippen LogP contribution in [0.2, 0.25) is 0 Å². The summed E-state index contributed by atoms with van der Waals surface area (Å²) in [4.78, 5) is 25.3. The molecule has 1 aliphatic rings. The first-order valence-electron chi connectivity index (χ1n) is 9.84. The molecule has 5 nitrogen and oxygen atoms in total. The van der Waals surface area contributed by atoms with Gasteiger partial charge >= 0.3 is 0 Å². The highest BCUT2D eigenvalue weighted by Crippen LogP contribution is 2.38. The number of ether oxygens (including phenoxy) is 1. The number of hydrogen-bond acceptors (Lipinski definition) is 4. The van der Waals surface area contributed by atoms with E-state index in [1.807, 2.05) is 12.1 Å². The lowest BCUT2D eigenvalue weighted by Gasteiger charge is -2.12. The molecule has 0 bridgehead atoms. The number of benzene rings is 1. The number of nitrogens with two attached hydrogens (primary N) is 1. The predicted molar refractivity (Wildman–Crippen MR) is 113 cm³/mol. The molecule has 2 aromatic rings. The van der Waals surface area contributed by atoms with Crippen LogP contribution in [-0.4, -0.2) is 18.4 Å². The second-order valence-corrected chi connectivity index (χ2v) is 8.70. The molecule has 150 valence electrons. The van der Waals surface area contributed by atoms with E-state index in [9.17, 15) is 9.59 Å². The van der Waals surface area contributed by atoms with Crippen molar-refractivity contribution in [2.45, 2.75) is 58.8 Å². The van der Waals surface area contributed by atoms with Crippen LogP contribution in [0.15, 0.2) is 18.2 Å². The molecule has 0 radical (unpaired) electrons. The van der Waals surface area contributed by atoms with Crippen LogP contribution in [0.1, 0.15) is 71.0 Å². The molecule has 28 heavy (non-hydrogen) atoms. The molecular weight excluding hydrogens is 372 g/mol. The molecule has 2 amide bonds. The van der Waals surface area contributed by atoms with E-state index in [4.69, 9.17) is 10.5 Å². The zero-order chi connectivity index (χ0) is 20.3. The second-order valence-electron chi connectivity index (χ2n) is 7.60. The first-order valence-corrected chi connectivity index (χ1v) is 10.7. The Morgan fingerprint density at radius 1 is 1.29 bits per heavy atom. The molecule has 3 N–H and O–H groups in total. The molecule has 0 unspecified atom stereocenters. The van der Waals surface area contributed by atoms with Crippen LogP contribution in [0, 0.1) is 6.92 Å². The van der Waals surface area contributed by atoms with Crippen molar-refractivity contribution in [3.05, 3.63) is 45.3 Å². The van der Waals surface area contributed by atoms with Gasteiger partial charge in [-0.3, -0.25) is 9.59 Å². The number of aryl methyl sites for hydroxylation is 2. The van der Waals surface area contributed by atoms with Crippen LogP contribution < -0.4 is 15.8 Å². The molecule has 1 aliphatic carbocycles. The molecule has 0 fully saturated rings. The predicted octanol–water partition coefficient (Wildman–Crippen LogP) is 4.57. The van der Waals surface area contributed by atoms with E-state index in [0.29, 0.717) is 35.9 Å². The first-order chi connectivity index (χ1) is 13.4. The SMILES string of the molecule is Cc1cc(OCCCC(=O)Nc2sc3c(c2C(N)=O)CCC3)ccc1C(C)C. The largest absolute Gasteiger partial charge is 0.494 e. The van der Waals surface area contributed by atoms with Crippen molar-refractivity contribution < 1.29 is 14.3 Å². The van der Waals surface area contributed by atoms with Gasteiger partial charge in [-0.1, -0.05) is 19.9 Å². The zero-order valence-corrected chi connectivity index (χ0v) is 17.6. The molecule has 0 atom stereocenters. The number of rotatable bonds is 8. The average Bonchev–Trinajstić information content (AvgIpc) is 3.18. The fraction of sp³-hybridized carbons (Fsp3) is 0.455. The standard InChI is InChI=1S/C22H28N2O3S/c1-13(2)16-10-9-15(12-14(16)3)27-11-5-8-19(25)24-22-20(21(23)26)17-6-4-7-18(17)28-22/h9-10,12-13H,4-8,11H2,1-3H3,(H2,23,26)(H,24,25). The molecule has 1 heterocycles. The highest BCUT2D eigenvalue weighted by Gasteiger charge is 2.25. The smallest absolute Gasteiger partial charge is 0.251 e. The third-order valence-corrected chi connectivity index (χ3v) is 6.31. The molecule has 0 aliphatic heterocycles. The summed E-state index contributed by atoms with van der Waals surface area (Å²) in [6, 6.07) is 6.12. The minimum atomic E-state index is -0.460. The number of primary amides is 1. The van der Waals surface area contributed by atoms with Crippen LogP contribution >= 0.6 is 11.3 Å². The Kier molecular flexibility index (Phi) is 6.39. The minimum Gasteiger partial charge on any atom is -0.494 e. The van der Waals surface area contributed by atoms with Crippen LogP contribution in [0.5, 0.6) is 5.75 Å². The molecule has 1 aromatic heterocycles. The summed E-state index contributed by atoms with van der Waals surface area (Å²) in [7, 11) is 0. The topological polar surface area (TPSA) is 81.4 Å². The van der Waals surface area contributed by atoms with Gasteiger partial charge in [-0.2, -0.15) is 0 Å². The lowest BCUT2D eigenvalue weighted by molar-refractivity contribution is -0.116. The number of fused-ring (bicyclic) bond motifs is 1. The van der Waals surface area contributed by atoms with E-state index < -0.39 is 5.91 Å². The summed E-state index contributed by atoms with van der Waals surface area (Å²) in [5, 5.41) is 3.47. The lowest BCUT2D eigenvalue weighted by atomic mass is 9.98. The van der Waals surface area contributed by atoms with E-state index >= 15 is 0 Å². The maximum Gasteiger partial charge on any atom is 0.251 e. The van der Waals surface area contributed by atoms with E-state index in [1.165, 1.54) is 27.3 Å². The maximum atomic E-state index is 12.3. The van der Waals surface area contributed by atoms with Gasteiger partial charge in [-0.15, -0.1) is 11.3 Å². The monoisotopic (exact) mass is 400 g/mol. The number of anilines is 1. The number of thiophene rings is 1. The molecule has 3 rings (SSSR count). The van der Waals surface area contributed by atoms with Crippen molar-refractivity contribution in [1.82, 2.24) is 0 Å². The Balaban J connectivity index is 1.49. The van der Waals surface area contributed by atoms with Crippen LogP contribution in [0.4, 0.5) is 5.00 Å². The zero-order valence-electron chi connectivity index (χ0n) is 16.8. The summed E-state index contributed by atoms with van der Waals surface area (Å²) in [6.45, 7) is 6.91. The third-order valence-electron chi connectivity index (χ3n) is 5.10. The summed E-state index contributed by atoms with van der Waals surface area (Å²) in [5.41, 5.74) is 9.60. The molecule has 0 saturated heterocycles. The quantitative estimate of drug-likeness (QED) is 0.637. The first kappa shape index (κ1) is 20.4. The van der Waals surface area contributed by atoms with Gasteiger partial charge in [-0.25, -0.2) is 0 Å². The molecular formula is C22H28N2O3S. The second kappa shape index (κ2) is 8.78. The number of carbonyl (C=O) groups excluding carboxylic acids is 2. The van der Waals surface area contributed by atoms with Crippen LogP contribution in [0.3, 0.4) is 0 Å². The molecule has 1 aromatic carbocycles. The number of amides is 2. The van der Waals surface area contributed by atoms with E-state index in [2.05, 4.69) is 32.2 Å². The van der Waals surface area contributed by atoms with Crippen molar-refractivity contribution in [2.24, 2.45) is 5.73 Å². The molecule has 0 spiro atoms. The van der Waals surface area contributed by atoms with E-state index in [1.54, 1.807) is 0 Å². The third kappa shape index (κ3) is 4.55. The van der Waals surface area contributed by atoms with Crippen molar-refractivity contribution in [2.75, 3.05) is 11.9 Å². The fourth-order valence-corrected chi connectivity index (χ4v) is 5.06. The van der Waals surface area contributed by atoms with Crippen LogP contribution in [0.25, 0.3) is 0 Å². The van der Waals surface area contributed by atoms with Crippen molar-refractivity contribution in [3.8, 4) is 5.75 Å². The fourth-order valence-electron chi connectivity index (χ4n) is 3.75. The minimum absolute atomic E-state index is 0.114.